The first-order valence-electron chi connectivity index (χ1n) is 16.6. The van der Waals surface area contributed by atoms with Crippen LogP contribution in [-0.4, -0.2) is 69.7 Å². The fourth-order valence-electron chi connectivity index (χ4n) is 5.89. The molecule has 6 nitrogen and oxygen atoms in total. The van der Waals surface area contributed by atoms with Gasteiger partial charge in [-0.15, -0.1) is 0 Å². The van der Waals surface area contributed by atoms with Crippen LogP contribution in [0.25, 0.3) is 33.4 Å². The molecule has 6 heteroatoms. The van der Waals surface area contributed by atoms with Crippen LogP contribution in [0.15, 0.2) is 71.1 Å². The Hall–Kier alpha value is -3.48. The van der Waals surface area contributed by atoms with Crippen LogP contribution < -0.4 is 20.6 Å². The molecule has 0 bridgehead atoms. The summed E-state index contributed by atoms with van der Waals surface area (Å²) in [6.45, 7) is 25.4. The third kappa shape index (κ3) is 9.02. The van der Waals surface area contributed by atoms with E-state index in [0.717, 1.165) is 85.6 Å². The number of fused-ring (bicyclic) bond motifs is 2. The van der Waals surface area contributed by atoms with Crippen LogP contribution >= 0.6 is 0 Å². The molecule has 0 aromatic heterocycles. The number of hydrogen-bond donors (Lipinski definition) is 1. The fourth-order valence-corrected chi connectivity index (χ4v) is 5.89. The molecule has 2 aliphatic rings. The van der Waals surface area contributed by atoms with Crippen molar-refractivity contribution < 1.29 is 13.7 Å². The zero-order valence-corrected chi connectivity index (χ0v) is 29.0. The van der Waals surface area contributed by atoms with Crippen molar-refractivity contribution in [2.75, 3.05) is 64.3 Å². The van der Waals surface area contributed by atoms with Crippen molar-refractivity contribution in [2.24, 2.45) is 5.73 Å². The van der Waals surface area contributed by atoms with Gasteiger partial charge in [-0.2, -0.15) is 0 Å². The number of ketones is 1. The molecule has 2 aromatic carbocycles. The molecule has 0 atom stereocenters. The first-order chi connectivity index (χ1) is 21.3. The molecule has 240 valence electrons. The molecule has 0 fully saturated rings. The molecule has 2 aromatic rings. The summed E-state index contributed by atoms with van der Waals surface area (Å²) in [5, 5.41) is 2.36. The summed E-state index contributed by atoms with van der Waals surface area (Å²) in [6.07, 6.45) is 0.732. The number of hydrogen-bond acceptors (Lipinski definition) is 4. The number of quaternary nitrogens is 1. The normalized spacial score (nSPS) is 11.0. The Kier molecular flexibility index (Phi) is 15.3. The number of nitrogens with two attached hydrogens (primary N) is 1. The molecule has 0 spiro atoms. The quantitative estimate of drug-likeness (QED) is 0.105. The van der Waals surface area contributed by atoms with Gasteiger partial charge < -0.3 is 19.5 Å². The van der Waals surface area contributed by atoms with E-state index in [1.54, 1.807) is 6.92 Å². The molecular weight excluding hydrogens is 544 g/mol. The highest BCUT2D eigenvalue weighted by atomic mass is 16.3. The van der Waals surface area contributed by atoms with Crippen molar-refractivity contribution in [3.63, 3.8) is 0 Å². The van der Waals surface area contributed by atoms with Gasteiger partial charge in [-0.25, -0.2) is 4.58 Å². The van der Waals surface area contributed by atoms with Crippen LogP contribution in [0.3, 0.4) is 0 Å². The minimum Gasteiger partial charge on any atom is -0.456 e. The molecule has 2 N–H and O–H groups in total. The maximum atomic E-state index is 10.8. The Morgan fingerprint density at radius 3 is 1.95 bits per heavy atom. The summed E-state index contributed by atoms with van der Waals surface area (Å²) in [7, 11) is 1.50. The molecule has 0 saturated heterocycles. The first kappa shape index (κ1) is 36.7. The van der Waals surface area contributed by atoms with Crippen LogP contribution in [0.5, 0.6) is 0 Å². The van der Waals surface area contributed by atoms with Crippen molar-refractivity contribution in [1.82, 2.24) is 4.58 Å². The first-order valence-corrected chi connectivity index (χ1v) is 16.6. The van der Waals surface area contributed by atoms with E-state index in [-0.39, 0.29) is 0 Å². The molecule has 0 amide bonds. The van der Waals surface area contributed by atoms with Gasteiger partial charge in [-0.3, -0.25) is 4.79 Å². The SMILES string of the molecule is CCN(CC)c1ccc2c(-c3ccccc3)c3ccc(=[N+](CC)CC)cc-3oc2c1.CC[N+](CC)(CC)CCC(C)=O.CN. The van der Waals surface area contributed by atoms with Gasteiger partial charge in [0.05, 0.1) is 38.7 Å². The highest BCUT2D eigenvalue weighted by Crippen LogP contribution is 2.40. The fraction of sp³-hybridized carbons (Fsp3) is 0.474. The molecule has 1 aliphatic carbocycles. The van der Waals surface area contributed by atoms with Gasteiger partial charge in [0.25, 0.3) is 0 Å². The van der Waals surface area contributed by atoms with Crippen LogP contribution in [-0.2, 0) is 4.79 Å². The largest absolute Gasteiger partial charge is 0.456 e. The molecule has 0 unspecified atom stereocenters. The number of carbonyl (C=O) groups is 1. The molecule has 44 heavy (non-hydrogen) atoms. The molecule has 1 aliphatic heterocycles. The van der Waals surface area contributed by atoms with E-state index in [0.29, 0.717) is 5.78 Å². The smallest absolute Gasteiger partial charge is 0.203 e. The van der Waals surface area contributed by atoms with Crippen LogP contribution in [0.1, 0.15) is 61.8 Å². The van der Waals surface area contributed by atoms with Crippen LogP contribution in [0.4, 0.5) is 5.69 Å². The van der Waals surface area contributed by atoms with Gasteiger partial charge in [-0.1, -0.05) is 30.3 Å². The minimum atomic E-state index is 0.313. The van der Waals surface area contributed by atoms with Gasteiger partial charge in [-0.05, 0) is 86.2 Å². The van der Waals surface area contributed by atoms with E-state index in [1.165, 1.54) is 29.2 Å². The summed E-state index contributed by atoms with van der Waals surface area (Å²) in [6, 6.07) is 23.9. The van der Waals surface area contributed by atoms with Crippen molar-refractivity contribution in [3.05, 3.63) is 72.1 Å². The van der Waals surface area contributed by atoms with E-state index in [4.69, 9.17) is 4.42 Å². The molecule has 4 rings (SSSR count). The third-order valence-corrected chi connectivity index (χ3v) is 8.96. The summed E-state index contributed by atoms with van der Waals surface area (Å²) in [5.41, 5.74) is 10.2. The molecule has 1 heterocycles. The number of carbonyl (C=O) groups excluding carboxylic acids is 1. The Morgan fingerprint density at radius 2 is 1.43 bits per heavy atom. The van der Waals surface area contributed by atoms with E-state index >= 15 is 0 Å². The highest BCUT2D eigenvalue weighted by molar-refractivity contribution is 6.02. The maximum absolute atomic E-state index is 10.8. The Morgan fingerprint density at radius 1 is 0.818 bits per heavy atom. The summed E-state index contributed by atoms with van der Waals surface area (Å²) in [5.74, 6) is 1.25. The predicted octanol–water partition coefficient (Wildman–Crippen LogP) is 7.28. The van der Waals surface area contributed by atoms with E-state index < -0.39 is 0 Å². The Balaban J connectivity index is 0.000000409. The second-order valence-electron chi connectivity index (χ2n) is 11.0. The van der Waals surface area contributed by atoms with Crippen LogP contribution in [0, 0.1) is 0 Å². The van der Waals surface area contributed by atoms with Crippen molar-refractivity contribution in [3.8, 4) is 22.5 Å². The van der Waals surface area contributed by atoms with E-state index in [2.05, 4.69) is 130 Å². The lowest BCUT2D eigenvalue weighted by Gasteiger charge is -2.35. The van der Waals surface area contributed by atoms with Crippen molar-refractivity contribution >= 4 is 22.4 Å². The number of Topliss-reactive ketones (excluding diaryl/α,β-unsaturated/α-hetero) is 1. The number of benzene rings is 3. The Labute approximate surface area is 266 Å². The molecule has 0 saturated carbocycles. The van der Waals surface area contributed by atoms with Gasteiger partial charge >= 0.3 is 0 Å². The van der Waals surface area contributed by atoms with Gasteiger partial charge in [0, 0.05) is 47.4 Å². The number of anilines is 1. The van der Waals surface area contributed by atoms with E-state index in [1.807, 2.05) is 0 Å². The maximum Gasteiger partial charge on any atom is 0.203 e. The number of nitrogens with zero attached hydrogens (tertiary/aromatic N) is 3. The lowest BCUT2D eigenvalue weighted by atomic mass is 9.93. The lowest BCUT2D eigenvalue weighted by Crippen LogP contribution is -2.48. The van der Waals surface area contributed by atoms with Crippen molar-refractivity contribution in [2.45, 2.75) is 61.8 Å². The lowest BCUT2D eigenvalue weighted by molar-refractivity contribution is -0.922. The Bertz CT molecular complexity index is 1450. The average molecular weight is 603 g/mol. The summed E-state index contributed by atoms with van der Waals surface area (Å²) < 4.78 is 9.95. The highest BCUT2D eigenvalue weighted by Gasteiger charge is 2.21. The zero-order chi connectivity index (χ0) is 32.7. The van der Waals surface area contributed by atoms with E-state index in [9.17, 15) is 4.79 Å². The molecular formula is C38H58N4O2+2. The second-order valence-corrected chi connectivity index (χ2v) is 11.0. The summed E-state index contributed by atoms with van der Waals surface area (Å²) >= 11 is 0. The minimum absolute atomic E-state index is 0.313. The van der Waals surface area contributed by atoms with Gasteiger partial charge in [0.1, 0.15) is 30.2 Å². The second kappa shape index (κ2) is 18.4. The zero-order valence-electron chi connectivity index (χ0n) is 29.0. The topological polar surface area (TPSA) is 62.5 Å². The van der Waals surface area contributed by atoms with Gasteiger partial charge in [0.2, 0.25) is 5.36 Å². The standard InChI is InChI=1S/C27H31N2O.C10H22NO.CH5N/c1-5-28(6-2)21-14-16-23-25(18-21)30-26-19-22(29(7-3)8-4)15-17-24(26)27(23)20-12-10-9-11-13-20;1-5-11(6-2,7-3)9-8-10(4)12;1-2/h9-19H,5-8H2,1-4H3;5-9H2,1-4H3;2H2,1H3/q2*+1;. The third-order valence-electron chi connectivity index (χ3n) is 8.96. The predicted molar refractivity (Wildman–Crippen MR) is 190 cm³/mol. The molecule has 0 radical (unpaired) electrons. The number of rotatable bonds is 12. The van der Waals surface area contributed by atoms with Crippen LogP contribution in [0.2, 0.25) is 0 Å². The summed E-state index contributed by atoms with van der Waals surface area (Å²) in [4.78, 5) is 13.2. The van der Waals surface area contributed by atoms with Crippen molar-refractivity contribution in [1.29, 1.82) is 0 Å². The van der Waals surface area contributed by atoms with Gasteiger partial charge in [0.15, 0.2) is 0 Å². The average Bonchev–Trinajstić information content (AvgIpc) is 3.07. The monoisotopic (exact) mass is 602 g/mol.